The number of para-hydroxylation sites is 2. The highest BCUT2D eigenvalue weighted by Crippen LogP contribution is 2.27. The molecule has 7 nitrogen and oxygen atoms in total. The highest BCUT2D eigenvalue weighted by Gasteiger charge is 2.29. The monoisotopic (exact) mass is 358 g/mol. The van der Waals surface area contributed by atoms with Crippen LogP contribution in [0.3, 0.4) is 0 Å². The third kappa shape index (κ3) is 4.60. The van der Waals surface area contributed by atoms with Gasteiger partial charge in [-0.25, -0.2) is 4.98 Å². The van der Waals surface area contributed by atoms with E-state index < -0.39 is 18.1 Å². The molecule has 1 aliphatic rings. The highest BCUT2D eigenvalue weighted by atomic mass is 16.4. The number of oxazole rings is 1. The number of nitrogens with one attached hydrogen (secondary N) is 1. The number of hydrogen-bond donors (Lipinski definition) is 3. The first-order valence-corrected chi connectivity index (χ1v) is 9.00. The zero-order valence-corrected chi connectivity index (χ0v) is 14.6. The van der Waals surface area contributed by atoms with E-state index in [2.05, 4.69) is 10.3 Å². The minimum Gasteiger partial charge on any atom is -0.438 e. The van der Waals surface area contributed by atoms with Crippen LogP contribution in [0.2, 0.25) is 0 Å². The van der Waals surface area contributed by atoms with E-state index in [0.29, 0.717) is 11.1 Å². The van der Waals surface area contributed by atoms with E-state index in [1.54, 1.807) is 24.6 Å². The Hall–Kier alpha value is -2.41. The van der Waals surface area contributed by atoms with E-state index in [1.807, 2.05) is 6.07 Å². The van der Waals surface area contributed by atoms with Crippen LogP contribution in [-0.4, -0.2) is 27.9 Å². The van der Waals surface area contributed by atoms with Gasteiger partial charge in [0, 0.05) is 6.42 Å². The molecular formula is C19H24N3O4. The van der Waals surface area contributed by atoms with Gasteiger partial charge in [0.2, 0.25) is 17.7 Å². The van der Waals surface area contributed by atoms with E-state index in [0.717, 1.165) is 25.7 Å². The molecule has 0 bridgehead atoms. The van der Waals surface area contributed by atoms with Gasteiger partial charge in [-0.2, -0.15) is 0 Å². The smallest absolute Gasteiger partial charge is 0.226 e. The molecule has 2 atom stereocenters. The highest BCUT2D eigenvalue weighted by molar-refractivity contribution is 5.86. The Labute approximate surface area is 152 Å². The van der Waals surface area contributed by atoms with E-state index >= 15 is 0 Å². The summed E-state index contributed by atoms with van der Waals surface area (Å²) in [5.74, 6) is -0.642. The summed E-state index contributed by atoms with van der Waals surface area (Å²) in [6.07, 6.45) is 5.58. The summed E-state index contributed by atoms with van der Waals surface area (Å²) in [5, 5.41) is 13.3. The number of aliphatic hydroxyl groups excluding tert-OH is 1. The van der Waals surface area contributed by atoms with Gasteiger partial charge in [-0.15, -0.1) is 0 Å². The quantitative estimate of drug-likeness (QED) is 0.699. The molecule has 7 heteroatoms. The number of aliphatic hydroxyl groups is 1. The number of nitrogens with two attached hydrogens (primary N) is 1. The van der Waals surface area contributed by atoms with Gasteiger partial charge >= 0.3 is 0 Å². The van der Waals surface area contributed by atoms with Crippen molar-refractivity contribution in [3.63, 3.8) is 0 Å². The number of carbonyl (C=O) groups excluding carboxylic acids is 2. The summed E-state index contributed by atoms with van der Waals surface area (Å²) < 4.78 is 5.55. The Morgan fingerprint density at radius 3 is 2.73 bits per heavy atom. The second-order valence-electron chi connectivity index (χ2n) is 6.81. The molecule has 1 aromatic carbocycles. The van der Waals surface area contributed by atoms with Crippen molar-refractivity contribution in [2.24, 2.45) is 11.7 Å². The molecule has 4 N–H and O–H groups in total. The molecule has 0 aliphatic heterocycles. The third-order valence-electron chi connectivity index (χ3n) is 4.73. The van der Waals surface area contributed by atoms with Crippen LogP contribution in [0.4, 0.5) is 0 Å². The van der Waals surface area contributed by atoms with Crippen molar-refractivity contribution >= 4 is 22.9 Å². The summed E-state index contributed by atoms with van der Waals surface area (Å²) >= 11 is 0. The molecule has 1 radical (unpaired) electrons. The Balaban J connectivity index is 1.69. The number of fused-ring (bicyclic) bond motifs is 1. The summed E-state index contributed by atoms with van der Waals surface area (Å²) in [4.78, 5) is 28.0. The van der Waals surface area contributed by atoms with Crippen molar-refractivity contribution in [2.75, 3.05) is 0 Å². The second-order valence-corrected chi connectivity index (χ2v) is 6.81. The molecule has 1 aliphatic carbocycles. The minimum atomic E-state index is -1.27. The number of aromatic nitrogens is 1. The number of primary amides is 1. The summed E-state index contributed by atoms with van der Waals surface area (Å²) in [6, 6.07) is 6.20. The van der Waals surface area contributed by atoms with Crippen LogP contribution in [0, 0.1) is 12.3 Å². The van der Waals surface area contributed by atoms with Crippen LogP contribution in [0.15, 0.2) is 28.7 Å². The van der Waals surface area contributed by atoms with Gasteiger partial charge < -0.3 is 20.6 Å². The van der Waals surface area contributed by atoms with Crippen molar-refractivity contribution in [1.29, 1.82) is 0 Å². The molecule has 1 saturated carbocycles. The maximum absolute atomic E-state index is 12.3. The van der Waals surface area contributed by atoms with Crippen LogP contribution in [0.25, 0.3) is 11.1 Å². The Bertz CT molecular complexity index is 734. The van der Waals surface area contributed by atoms with Crippen molar-refractivity contribution in [1.82, 2.24) is 10.3 Å². The van der Waals surface area contributed by atoms with Gasteiger partial charge in [-0.3, -0.25) is 9.59 Å². The average Bonchev–Trinajstić information content (AvgIpc) is 3.05. The number of carbonyl (C=O) groups is 2. The normalized spacial score (nSPS) is 17.7. The number of amides is 2. The number of benzene rings is 1. The summed E-state index contributed by atoms with van der Waals surface area (Å²) in [7, 11) is 0. The van der Waals surface area contributed by atoms with Crippen LogP contribution in [-0.2, 0) is 9.59 Å². The predicted molar refractivity (Wildman–Crippen MR) is 95.6 cm³/mol. The molecule has 1 fully saturated rings. The summed E-state index contributed by atoms with van der Waals surface area (Å²) in [6.45, 7) is 0. The number of rotatable bonds is 7. The summed E-state index contributed by atoms with van der Waals surface area (Å²) in [5.41, 5.74) is 6.41. The molecule has 2 aromatic rings. The minimum absolute atomic E-state index is 0.0513. The molecule has 3 rings (SSSR count). The Morgan fingerprint density at radius 1 is 1.31 bits per heavy atom. The lowest BCUT2D eigenvalue weighted by Gasteiger charge is -2.24. The fraction of sp³-hybridized carbons (Fsp3) is 0.474. The lowest BCUT2D eigenvalue weighted by Crippen LogP contribution is -2.43. The van der Waals surface area contributed by atoms with Gasteiger partial charge in [-0.1, -0.05) is 31.4 Å². The first-order chi connectivity index (χ1) is 12.5. The van der Waals surface area contributed by atoms with Crippen molar-refractivity contribution in [3.05, 3.63) is 36.6 Å². The second kappa shape index (κ2) is 8.31. The van der Waals surface area contributed by atoms with Gasteiger partial charge in [0.15, 0.2) is 11.7 Å². The topological polar surface area (TPSA) is 118 Å². The van der Waals surface area contributed by atoms with Crippen molar-refractivity contribution < 1.29 is 19.1 Å². The van der Waals surface area contributed by atoms with E-state index in [1.165, 1.54) is 6.42 Å². The van der Waals surface area contributed by atoms with Gasteiger partial charge in [-0.05, 0) is 30.9 Å². The molecule has 2 amide bonds. The number of nitrogens with zero attached hydrogens (tertiary/aromatic N) is 1. The zero-order chi connectivity index (χ0) is 18.5. The lowest BCUT2D eigenvalue weighted by molar-refractivity contribution is -0.122. The van der Waals surface area contributed by atoms with E-state index in [9.17, 15) is 14.7 Å². The van der Waals surface area contributed by atoms with Crippen LogP contribution in [0.5, 0.6) is 0 Å². The zero-order valence-electron chi connectivity index (χ0n) is 14.6. The maximum Gasteiger partial charge on any atom is 0.226 e. The average molecular weight is 358 g/mol. The van der Waals surface area contributed by atoms with Crippen molar-refractivity contribution in [2.45, 2.75) is 50.7 Å². The molecule has 0 saturated heterocycles. The number of hydrogen-bond acceptors (Lipinski definition) is 5. The fourth-order valence-corrected chi connectivity index (χ4v) is 3.39. The maximum atomic E-state index is 12.3. The SMILES string of the molecule is NC(=O)CC(NC(=O)[CH]C1CCCCC1)C(O)c1nc2ccccc2o1. The van der Waals surface area contributed by atoms with E-state index in [4.69, 9.17) is 10.2 Å². The Kier molecular flexibility index (Phi) is 5.88. The molecule has 1 aromatic heterocycles. The van der Waals surface area contributed by atoms with Crippen molar-refractivity contribution in [3.8, 4) is 0 Å². The third-order valence-corrected chi connectivity index (χ3v) is 4.73. The molecular weight excluding hydrogens is 334 g/mol. The van der Waals surface area contributed by atoms with Crippen LogP contribution >= 0.6 is 0 Å². The van der Waals surface area contributed by atoms with E-state index in [-0.39, 0.29) is 24.1 Å². The molecule has 0 spiro atoms. The van der Waals surface area contributed by atoms with Crippen LogP contribution < -0.4 is 11.1 Å². The molecule has 2 unspecified atom stereocenters. The Morgan fingerprint density at radius 2 is 2.04 bits per heavy atom. The lowest BCUT2D eigenvalue weighted by atomic mass is 9.86. The first kappa shape index (κ1) is 18.4. The molecule has 139 valence electrons. The fourth-order valence-electron chi connectivity index (χ4n) is 3.39. The van der Waals surface area contributed by atoms with Gasteiger partial charge in [0.1, 0.15) is 5.52 Å². The first-order valence-electron chi connectivity index (χ1n) is 9.00. The molecule has 1 heterocycles. The largest absolute Gasteiger partial charge is 0.438 e. The molecule has 26 heavy (non-hydrogen) atoms. The standard InChI is InChI=1S/C19H24N3O4/c20-16(23)11-14(21-17(24)10-12-6-2-1-3-7-12)18(25)19-22-13-8-4-5-9-15(13)26-19/h4-5,8-10,12,14,18,25H,1-3,6-7,11H2,(H2,20,23)(H,21,24). The van der Waals surface area contributed by atoms with Gasteiger partial charge in [0.25, 0.3) is 0 Å². The predicted octanol–water partition coefficient (Wildman–Crippen LogP) is 2.01. The van der Waals surface area contributed by atoms with Gasteiger partial charge in [0.05, 0.1) is 12.5 Å². The van der Waals surface area contributed by atoms with Crippen LogP contribution in [0.1, 0.15) is 50.5 Å².